The molecule has 1 aromatic heterocycles. The number of aromatic nitrogens is 1. The van der Waals surface area contributed by atoms with Crippen LogP contribution in [0.15, 0.2) is 36.5 Å². The average molecular weight is 275 g/mol. The van der Waals surface area contributed by atoms with E-state index in [4.69, 9.17) is 5.84 Å². The number of pyridine rings is 1. The van der Waals surface area contributed by atoms with Crippen LogP contribution < -0.4 is 11.3 Å². The van der Waals surface area contributed by atoms with Gasteiger partial charge in [-0.3, -0.25) is 16.3 Å². The molecule has 0 radical (unpaired) electrons. The lowest BCUT2D eigenvalue weighted by Crippen LogP contribution is -2.30. The fourth-order valence-corrected chi connectivity index (χ4v) is 2.94. The lowest BCUT2D eigenvalue weighted by Gasteiger charge is -2.18. The van der Waals surface area contributed by atoms with Crippen molar-refractivity contribution in [2.75, 3.05) is 5.75 Å². The fraction of sp³-hybridized carbons (Fsp3) is 0.400. The van der Waals surface area contributed by atoms with Crippen LogP contribution in [0.4, 0.5) is 0 Å². The number of nitrogens with one attached hydrogen (secondary N) is 1. The number of hydrazine groups is 1. The maximum Gasteiger partial charge on any atom is 0.0702 e. The average Bonchev–Trinajstić information content (AvgIpc) is 2.47. The molecule has 1 heterocycles. The Hall–Kier alpha value is -1.10. The highest BCUT2D eigenvalue weighted by atomic mass is 32.2. The molecular formula is C15H21N3S. The number of rotatable bonds is 6. The number of para-hydroxylation sites is 1. The van der Waals surface area contributed by atoms with E-state index in [-0.39, 0.29) is 6.04 Å². The molecule has 0 bridgehead atoms. The van der Waals surface area contributed by atoms with Crippen molar-refractivity contribution in [1.82, 2.24) is 10.4 Å². The van der Waals surface area contributed by atoms with Gasteiger partial charge in [0.25, 0.3) is 0 Å². The normalized spacial score (nSPS) is 14.5. The summed E-state index contributed by atoms with van der Waals surface area (Å²) in [5.41, 5.74) is 5.08. The van der Waals surface area contributed by atoms with E-state index in [9.17, 15) is 0 Å². The molecule has 0 saturated heterocycles. The minimum Gasteiger partial charge on any atom is -0.271 e. The van der Waals surface area contributed by atoms with Gasteiger partial charge in [-0.25, -0.2) is 0 Å². The summed E-state index contributed by atoms with van der Waals surface area (Å²) in [5.74, 6) is 6.65. The predicted molar refractivity (Wildman–Crippen MR) is 84.0 cm³/mol. The SMILES string of the molecule is CCC(C)SCC(NN)c1cnc2ccccc2c1. The standard InChI is InChI=1S/C15H21N3S/c1-3-11(2)19-10-15(18-16)13-8-12-6-4-5-7-14(12)17-9-13/h4-9,11,15,18H,3,10,16H2,1-2H3. The molecule has 0 amide bonds. The van der Waals surface area contributed by atoms with Gasteiger partial charge in [0.15, 0.2) is 0 Å². The smallest absolute Gasteiger partial charge is 0.0702 e. The maximum atomic E-state index is 5.69. The first-order chi connectivity index (χ1) is 9.24. The Morgan fingerprint density at radius 1 is 1.37 bits per heavy atom. The maximum absolute atomic E-state index is 5.69. The number of fused-ring (bicyclic) bond motifs is 1. The van der Waals surface area contributed by atoms with Crippen molar-refractivity contribution in [3.8, 4) is 0 Å². The second-order valence-electron chi connectivity index (χ2n) is 4.73. The lowest BCUT2D eigenvalue weighted by molar-refractivity contribution is 0.608. The van der Waals surface area contributed by atoms with Crippen LogP contribution in [-0.2, 0) is 0 Å². The summed E-state index contributed by atoms with van der Waals surface area (Å²) < 4.78 is 0. The lowest BCUT2D eigenvalue weighted by atomic mass is 10.1. The van der Waals surface area contributed by atoms with E-state index < -0.39 is 0 Å². The molecule has 0 fully saturated rings. The summed E-state index contributed by atoms with van der Waals surface area (Å²) in [6, 6.07) is 10.5. The molecule has 2 aromatic rings. The number of hydrogen-bond acceptors (Lipinski definition) is 4. The highest BCUT2D eigenvalue weighted by Gasteiger charge is 2.12. The molecule has 2 atom stereocenters. The van der Waals surface area contributed by atoms with E-state index in [0.717, 1.165) is 22.2 Å². The second-order valence-corrected chi connectivity index (χ2v) is 6.20. The molecule has 2 rings (SSSR count). The molecule has 0 saturated carbocycles. The van der Waals surface area contributed by atoms with E-state index in [2.05, 4.69) is 36.4 Å². The van der Waals surface area contributed by atoms with Gasteiger partial charge < -0.3 is 0 Å². The Bertz CT molecular complexity index is 530. The van der Waals surface area contributed by atoms with Crippen LogP contribution in [0, 0.1) is 0 Å². The third-order valence-electron chi connectivity index (χ3n) is 3.34. The highest BCUT2D eigenvalue weighted by Crippen LogP contribution is 2.24. The molecule has 1 aromatic carbocycles. The number of nitrogens with zero attached hydrogens (tertiary/aromatic N) is 1. The first kappa shape index (κ1) is 14.3. The fourth-order valence-electron chi connectivity index (χ4n) is 1.90. The quantitative estimate of drug-likeness (QED) is 0.627. The van der Waals surface area contributed by atoms with Gasteiger partial charge in [0.05, 0.1) is 11.6 Å². The van der Waals surface area contributed by atoms with Crippen LogP contribution in [0.5, 0.6) is 0 Å². The van der Waals surface area contributed by atoms with Crippen molar-refractivity contribution >= 4 is 22.7 Å². The van der Waals surface area contributed by atoms with Crippen LogP contribution in [0.2, 0.25) is 0 Å². The molecule has 19 heavy (non-hydrogen) atoms. The predicted octanol–water partition coefficient (Wildman–Crippen LogP) is 3.27. The zero-order valence-electron chi connectivity index (χ0n) is 11.5. The van der Waals surface area contributed by atoms with Crippen LogP contribution in [0.3, 0.4) is 0 Å². The van der Waals surface area contributed by atoms with Crippen molar-refractivity contribution in [2.24, 2.45) is 5.84 Å². The Morgan fingerprint density at radius 3 is 2.89 bits per heavy atom. The van der Waals surface area contributed by atoms with Gasteiger partial charge >= 0.3 is 0 Å². The minimum atomic E-state index is 0.149. The van der Waals surface area contributed by atoms with Crippen LogP contribution >= 0.6 is 11.8 Å². The Morgan fingerprint density at radius 2 is 2.16 bits per heavy atom. The monoisotopic (exact) mass is 275 g/mol. The van der Waals surface area contributed by atoms with Crippen molar-refractivity contribution in [3.05, 3.63) is 42.1 Å². The van der Waals surface area contributed by atoms with Gasteiger partial charge in [0.2, 0.25) is 0 Å². The van der Waals surface area contributed by atoms with Gasteiger partial charge in [-0.15, -0.1) is 0 Å². The number of hydrogen-bond donors (Lipinski definition) is 2. The Balaban J connectivity index is 2.15. The van der Waals surface area contributed by atoms with Crippen molar-refractivity contribution in [2.45, 2.75) is 31.6 Å². The molecular weight excluding hydrogens is 254 g/mol. The zero-order valence-corrected chi connectivity index (χ0v) is 12.3. The van der Waals surface area contributed by atoms with Crippen molar-refractivity contribution in [3.63, 3.8) is 0 Å². The molecule has 102 valence electrons. The zero-order chi connectivity index (χ0) is 13.7. The molecule has 4 heteroatoms. The molecule has 0 spiro atoms. The number of nitrogens with two attached hydrogens (primary N) is 1. The third kappa shape index (κ3) is 3.69. The van der Waals surface area contributed by atoms with E-state index in [1.54, 1.807) is 0 Å². The third-order valence-corrected chi connectivity index (χ3v) is 4.77. The first-order valence-corrected chi connectivity index (χ1v) is 7.72. The van der Waals surface area contributed by atoms with E-state index in [0.29, 0.717) is 5.25 Å². The molecule has 0 aliphatic carbocycles. The summed E-state index contributed by atoms with van der Waals surface area (Å²) in [5, 5.41) is 1.82. The second kappa shape index (κ2) is 6.89. The summed E-state index contributed by atoms with van der Waals surface area (Å²) in [6.07, 6.45) is 3.10. The van der Waals surface area contributed by atoms with Crippen LogP contribution in [-0.4, -0.2) is 16.0 Å². The topological polar surface area (TPSA) is 50.9 Å². The van der Waals surface area contributed by atoms with Gasteiger partial charge in [-0.1, -0.05) is 32.0 Å². The van der Waals surface area contributed by atoms with Gasteiger partial charge in [-0.2, -0.15) is 11.8 Å². The van der Waals surface area contributed by atoms with E-state index >= 15 is 0 Å². The van der Waals surface area contributed by atoms with Gasteiger partial charge in [-0.05, 0) is 24.1 Å². The highest BCUT2D eigenvalue weighted by molar-refractivity contribution is 7.99. The molecule has 0 aliphatic heterocycles. The first-order valence-electron chi connectivity index (χ1n) is 6.67. The largest absolute Gasteiger partial charge is 0.271 e. The van der Waals surface area contributed by atoms with Crippen LogP contribution in [0.25, 0.3) is 10.9 Å². The summed E-state index contributed by atoms with van der Waals surface area (Å²) in [7, 11) is 0. The van der Waals surface area contributed by atoms with E-state index in [1.165, 1.54) is 6.42 Å². The minimum absolute atomic E-state index is 0.149. The summed E-state index contributed by atoms with van der Waals surface area (Å²) >= 11 is 1.94. The Labute approximate surface area is 119 Å². The summed E-state index contributed by atoms with van der Waals surface area (Å²) in [6.45, 7) is 4.46. The molecule has 3 nitrogen and oxygen atoms in total. The number of thioether (sulfide) groups is 1. The van der Waals surface area contributed by atoms with Gasteiger partial charge in [0.1, 0.15) is 0 Å². The molecule has 3 N–H and O–H groups in total. The Kier molecular flexibility index (Phi) is 5.19. The summed E-state index contributed by atoms with van der Waals surface area (Å²) in [4.78, 5) is 4.49. The van der Waals surface area contributed by atoms with Crippen molar-refractivity contribution in [1.29, 1.82) is 0 Å². The van der Waals surface area contributed by atoms with Crippen molar-refractivity contribution < 1.29 is 0 Å². The molecule has 0 aliphatic rings. The van der Waals surface area contributed by atoms with E-state index in [1.807, 2.05) is 36.2 Å². The number of benzene rings is 1. The van der Waals surface area contributed by atoms with Gasteiger partial charge in [0, 0.05) is 22.6 Å². The molecule has 2 unspecified atom stereocenters. The van der Waals surface area contributed by atoms with Crippen LogP contribution in [0.1, 0.15) is 31.9 Å².